The summed E-state index contributed by atoms with van der Waals surface area (Å²) in [7, 11) is -3.55. The van der Waals surface area contributed by atoms with Crippen molar-refractivity contribution in [3.05, 3.63) is 54.1 Å². The Balaban J connectivity index is 1.61. The van der Waals surface area contributed by atoms with Crippen LogP contribution in [-0.4, -0.2) is 34.7 Å². The van der Waals surface area contributed by atoms with Crippen molar-refractivity contribution in [1.82, 2.24) is 24.5 Å². The zero-order valence-corrected chi connectivity index (χ0v) is 15.0. The maximum atomic E-state index is 12.4. The van der Waals surface area contributed by atoms with Crippen LogP contribution in [0.5, 0.6) is 0 Å². The molecule has 8 heteroatoms. The molecule has 0 fully saturated rings. The summed E-state index contributed by atoms with van der Waals surface area (Å²) in [6.07, 6.45) is 4.32. The fourth-order valence-electron chi connectivity index (χ4n) is 2.80. The number of aryl methyl sites for hydroxylation is 3. The Hall–Kier alpha value is -2.45. The molecule has 1 aromatic carbocycles. The minimum atomic E-state index is -3.55. The Morgan fingerprint density at radius 1 is 1.20 bits per heavy atom. The highest BCUT2D eigenvalue weighted by Gasteiger charge is 2.21. The standard InChI is InChI=1S/C17H21N5O2S/c1-13-16(14(2)21-20-13)25(23,24)19-9-6-11-22-12-10-18-17(22)15-7-4-3-5-8-15/h3-5,7-8,10,12,19H,6,9,11H2,1-2H3,(H,20,21). The zero-order valence-electron chi connectivity index (χ0n) is 14.2. The molecular formula is C17H21N5O2S. The maximum absolute atomic E-state index is 12.4. The third-order valence-corrected chi connectivity index (χ3v) is 5.67. The number of aromatic amines is 1. The van der Waals surface area contributed by atoms with E-state index in [-0.39, 0.29) is 4.90 Å². The fourth-order valence-corrected chi connectivity index (χ4v) is 4.24. The molecule has 25 heavy (non-hydrogen) atoms. The fraction of sp³-hybridized carbons (Fsp3) is 0.294. The summed E-state index contributed by atoms with van der Waals surface area (Å²) in [5, 5.41) is 6.64. The largest absolute Gasteiger partial charge is 0.331 e. The number of sulfonamides is 1. The van der Waals surface area contributed by atoms with E-state index in [1.165, 1.54) is 0 Å². The monoisotopic (exact) mass is 359 g/mol. The average Bonchev–Trinajstić information content (AvgIpc) is 3.19. The molecule has 2 aromatic heterocycles. The molecule has 0 radical (unpaired) electrons. The van der Waals surface area contributed by atoms with Gasteiger partial charge in [0.1, 0.15) is 10.7 Å². The van der Waals surface area contributed by atoms with Crippen molar-refractivity contribution in [1.29, 1.82) is 0 Å². The van der Waals surface area contributed by atoms with Crippen LogP contribution in [0.1, 0.15) is 17.8 Å². The van der Waals surface area contributed by atoms with Crippen molar-refractivity contribution in [3.63, 3.8) is 0 Å². The van der Waals surface area contributed by atoms with Gasteiger partial charge in [0.15, 0.2) is 0 Å². The molecule has 3 rings (SSSR count). The van der Waals surface area contributed by atoms with Gasteiger partial charge in [-0.2, -0.15) is 5.10 Å². The predicted molar refractivity (Wildman–Crippen MR) is 95.5 cm³/mol. The molecule has 2 heterocycles. The van der Waals surface area contributed by atoms with Gasteiger partial charge in [0.25, 0.3) is 0 Å². The number of hydrogen-bond acceptors (Lipinski definition) is 4. The first-order chi connectivity index (χ1) is 12.0. The van der Waals surface area contributed by atoms with Gasteiger partial charge in [-0.15, -0.1) is 0 Å². The third kappa shape index (κ3) is 3.80. The van der Waals surface area contributed by atoms with E-state index in [4.69, 9.17) is 0 Å². The van der Waals surface area contributed by atoms with Crippen LogP contribution in [0.4, 0.5) is 0 Å². The number of benzene rings is 1. The van der Waals surface area contributed by atoms with E-state index in [0.717, 1.165) is 11.4 Å². The first kappa shape index (κ1) is 17.4. The number of nitrogens with zero attached hydrogens (tertiary/aromatic N) is 3. The van der Waals surface area contributed by atoms with Crippen LogP contribution in [0, 0.1) is 13.8 Å². The summed E-state index contributed by atoms with van der Waals surface area (Å²) in [5.74, 6) is 0.880. The molecule has 132 valence electrons. The predicted octanol–water partition coefficient (Wildman–Crippen LogP) is 2.26. The minimum Gasteiger partial charge on any atom is -0.331 e. The summed E-state index contributed by atoms with van der Waals surface area (Å²) < 4.78 is 29.5. The van der Waals surface area contributed by atoms with E-state index in [1.807, 2.05) is 41.1 Å². The van der Waals surface area contributed by atoms with Crippen molar-refractivity contribution < 1.29 is 8.42 Å². The molecule has 0 aliphatic carbocycles. The topological polar surface area (TPSA) is 92.7 Å². The number of nitrogens with one attached hydrogen (secondary N) is 2. The summed E-state index contributed by atoms with van der Waals surface area (Å²) in [6, 6.07) is 9.92. The lowest BCUT2D eigenvalue weighted by atomic mass is 10.2. The summed E-state index contributed by atoms with van der Waals surface area (Å²) in [5.41, 5.74) is 2.06. The van der Waals surface area contributed by atoms with Gasteiger partial charge in [0, 0.05) is 31.0 Å². The van der Waals surface area contributed by atoms with Crippen molar-refractivity contribution in [3.8, 4) is 11.4 Å². The quantitative estimate of drug-likeness (QED) is 0.633. The molecule has 0 bridgehead atoms. The Bertz CT molecular complexity index is 925. The minimum absolute atomic E-state index is 0.236. The van der Waals surface area contributed by atoms with E-state index in [0.29, 0.717) is 30.9 Å². The molecule has 3 aromatic rings. The summed E-state index contributed by atoms with van der Waals surface area (Å²) in [6.45, 7) is 4.40. The number of aromatic nitrogens is 4. The molecule has 0 aliphatic rings. The molecule has 0 amide bonds. The van der Waals surface area contributed by atoms with Crippen molar-refractivity contribution in [2.24, 2.45) is 0 Å². The highest BCUT2D eigenvalue weighted by atomic mass is 32.2. The van der Waals surface area contributed by atoms with Crippen LogP contribution in [-0.2, 0) is 16.6 Å². The van der Waals surface area contributed by atoms with Gasteiger partial charge in [-0.3, -0.25) is 5.10 Å². The smallest absolute Gasteiger partial charge is 0.244 e. The molecule has 0 atom stereocenters. The molecule has 0 saturated carbocycles. The molecule has 0 aliphatic heterocycles. The third-order valence-electron chi connectivity index (χ3n) is 3.94. The van der Waals surface area contributed by atoms with Crippen molar-refractivity contribution in [2.45, 2.75) is 31.7 Å². The molecule has 0 unspecified atom stereocenters. The van der Waals surface area contributed by atoms with Gasteiger partial charge in [-0.25, -0.2) is 18.1 Å². The lowest BCUT2D eigenvalue weighted by Crippen LogP contribution is -2.26. The Kier molecular flexibility index (Phi) is 5.00. The number of imidazole rings is 1. The lowest BCUT2D eigenvalue weighted by Gasteiger charge is -2.09. The molecule has 7 nitrogen and oxygen atoms in total. The first-order valence-electron chi connectivity index (χ1n) is 8.07. The molecular weight excluding hydrogens is 338 g/mol. The molecule has 2 N–H and O–H groups in total. The van der Waals surface area contributed by atoms with Crippen molar-refractivity contribution >= 4 is 10.0 Å². The van der Waals surface area contributed by atoms with Crippen LogP contribution in [0.2, 0.25) is 0 Å². The second-order valence-corrected chi connectivity index (χ2v) is 7.53. The highest BCUT2D eigenvalue weighted by molar-refractivity contribution is 7.89. The van der Waals surface area contributed by atoms with Gasteiger partial charge in [0.05, 0.1) is 11.4 Å². The van der Waals surface area contributed by atoms with Crippen LogP contribution < -0.4 is 4.72 Å². The van der Waals surface area contributed by atoms with E-state index in [9.17, 15) is 8.42 Å². The average molecular weight is 359 g/mol. The molecule has 0 spiro atoms. The maximum Gasteiger partial charge on any atom is 0.244 e. The Morgan fingerprint density at radius 3 is 2.64 bits per heavy atom. The van der Waals surface area contributed by atoms with Crippen LogP contribution >= 0.6 is 0 Å². The van der Waals surface area contributed by atoms with Crippen LogP contribution in [0.3, 0.4) is 0 Å². The molecule has 0 saturated heterocycles. The second kappa shape index (κ2) is 7.20. The number of rotatable bonds is 7. The van der Waals surface area contributed by atoms with Gasteiger partial charge >= 0.3 is 0 Å². The van der Waals surface area contributed by atoms with E-state index < -0.39 is 10.0 Å². The van der Waals surface area contributed by atoms with Crippen LogP contribution in [0.15, 0.2) is 47.6 Å². The Labute approximate surface area is 147 Å². The second-order valence-electron chi connectivity index (χ2n) is 5.82. The van der Waals surface area contributed by atoms with Crippen molar-refractivity contribution in [2.75, 3.05) is 6.54 Å². The normalized spacial score (nSPS) is 11.8. The lowest BCUT2D eigenvalue weighted by molar-refractivity contribution is 0.569. The van der Waals surface area contributed by atoms with Crippen LogP contribution in [0.25, 0.3) is 11.4 Å². The van der Waals surface area contributed by atoms with E-state index in [2.05, 4.69) is 19.9 Å². The van der Waals surface area contributed by atoms with Gasteiger partial charge in [-0.05, 0) is 20.3 Å². The number of hydrogen-bond donors (Lipinski definition) is 2. The van der Waals surface area contributed by atoms with E-state index >= 15 is 0 Å². The Morgan fingerprint density at radius 2 is 1.96 bits per heavy atom. The van der Waals surface area contributed by atoms with Gasteiger partial charge < -0.3 is 4.57 Å². The number of H-pyrrole nitrogens is 1. The SMILES string of the molecule is Cc1n[nH]c(C)c1S(=O)(=O)NCCCn1ccnc1-c1ccccc1. The summed E-state index contributed by atoms with van der Waals surface area (Å²) in [4.78, 5) is 4.63. The van der Waals surface area contributed by atoms with E-state index in [1.54, 1.807) is 20.0 Å². The van der Waals surface area contributed by atoms with Gasteiger partial charge in [-0.1, -0.05) is 30.3 Å². The zero-order chi connectivity index (χ0) is 17.9. The van der Waals surface area contributed by atoms with Gasteiger partial charge in [0.2, 0.25) is 10.0 Å². The first-order valence-corrected chi connectivity index (χ1v) is 9.55. The summed E-state index contributed by atoms with van der Waals surface area (Å²) >= 11 is 0. The highest BCUT2D eigenvalue weighted by Crippen LogP contribution is 2.18.